The largest absolute Gasteiger partial charge is 0.461 e. The van der Waals surface area contributed by atoms with Crippen LogP contribution in [0.1, 0.15) is 74.4 Å². The van der Waals surface area contributed by atoms with Crippen LogP contribution in [-0.2, 0) is 4.74 Å². The van der Waals surface area contributed by atoms with Crippen molar-refractivity contribution < 1.29 is 14.1 Å². The number of carbonyl (C=O) groups excluding carboxylic acids is 1. The van der Waals surface area contributed by atoms with E-state index in [4.69, 9.17) is 14.2 Å². The molecule has 0 aliphatic carbocycles. The SMILES string of the molecule is CCCC(CCC)n1c2cc(C(=O)OCC)ncc2c2ncc(-c3c(C)noc3C)cc21. The molecular formula is C25H30N4O3. The normalized spacial score (nSPS) is 11.7. The Morgan fingerprint density at radius 1 is 1.06 bits per heavy atom. The minimum atomic E-state index is -0.405. The maximum Gasteiger partial charge on any atom is 0.356 e. The van der Waals surface area contributed by atoms with E-state index in [1.165, 1.54) is 0 Å². The van der Waals surface area contributed by atoms with Gasteiger partial charge >= 0.3 is 5.97 Å². The van der Waals surface area contributed by atoms with Gasteiger partial charge in [-0.25, -0.2) is 9.78 Å². The lowest BCUT2D eigenvalue weighted by Gasteiger charge is -2.20. The minimum Gasteiger partial charge on any atom is -0.461 e. The third-order valence-corrected chi connectivity index (χ3v) is 5.94. The molecule has 168 valence electrons. The van der Waals surface area contributed by atoms with Crippen molar-refractivity contribution in [3.8, 4) is 11.1 Å². The first-order chi connectivity index (χ1) is 15.5. The zero-order valence-corrected chi connectivity index (χ0v) is 19.4. The van der Waals surface area contributed by atoms with Crippen LogP contribution in [0.5, 0.6) is 0 Å². The number of carbonyl (C=O) groups is 1. The monoisotopic (exact) mass is 434 g/mol. The Bertz CT molecular complexity index is 1250. The van der Waals surface area contributed by atoms with Crippen molar-refractivity contribution in [3.05, 3.63) is 41.7 Å². The lowest BCUT2D eigenvalue weighted by molar-refractivity contribution is 0.0519. The number of nitrogens with zero attached hydrogens (tertiary/aromatic N) is 4. The first-order valence-corrected chi connectivity index (χ1v) is 11.4. The molecule has 4 heterocycles. The number of hydrogen-bond acceptors (Lipinski definition) is 6. The molecule has 0 radical (unpaired) electrons. The van der Waals surface area contributed by atoms with Crippen LogP contribution >= 0.6 is 0 Å². The number of ether oxygens (including phenoxy) is 1. The van der Waals surface area contributed by atoms with Gasteiger partial charge in [0, 0.05) is 34.9 Å². The summed E-state index contributed by atoms with van der Waals surface area (Å²) in [7, 11) is 0. The summed E-state index contributed by atoms with van der Waals surface area (Å²) < 4.78 is 12.9. The molecule has 0 aliphatic heterocycles. The molecule has 0 aromatic carbocycles. The Labute approximate surface area is 187 Å². The molecule has 0 saturated heterocycles. The molecule has 0 N–H and O–H groups in total. The van der Waals surface area contributed by atoms with Crippen LogP contribution in [0.2, 0.25) is 0 Å². The molecule has 0 bridgehead atoms. The van der Waals surface area contributed by atoms with Gasteiger partial charge < -0.3 is 13.8 Å². The van der Waals surface area contributed by atoms with Gasteiger partial charge in [-0.2, -0.15) is 0 Å². The Kier molecular flexibility index (Phi) is 6.26. The van der Waals surface area contributed by atoms with E-state index in [0.717, 1.165) is 70.2 Å². The van der Waals surface area contributed by atoms with Gasteiger partial charge in [-0.3, -0.25) is 4.98 Å². The number of pyridine rings is 2. The van der Waals surface area contributed by atoms with Crippen molar-refractivity contribution in [2.24, 2.45) is 0 Å². The number of hydrogen-bond donors (Lipinski definition) is 0. The average Bonchev–Trinajstić information content (AvgIpc) is 3.29. The maximum atomic E-state index is 12.4. The molecule has 4 aromatic heterocycles. The van der Waals surface area contributed by atoms with Crippen LogP contribution in [0.4, 0.5) is 0 Å². The van der Waals surface area contributed by atoms with Crippen LogP contribution < -0.4 is 0 Å². The fraction of sp³-hybridized carbons (Fsp3) is 0.440. The lowest BCUT2D eigenvalue weighted by Crippen LogP contribution is -2.10. The van der Waals surface area contributed by atoms with Crippen LogP contribution in [0, 0.1) is 13.8 Å². The zero-order valence-electron chi connectivity index (χ0n) is 19.4. The van der Waals surface area contributed by atoms with Crippen molar-refractivity contribution in [1.29, 1.82) is 0 Å². The van der Waals surface area contributed by atoms with Gasteiger partial charge in [0.05, 0.1) is 28.9 Å². The lowest BCUT2D eigenvalue weighted by atomic mass is 10.0. The summed E-state index contributed by atoms with van der Waals surface area (Å²) in [5.41, 5.74) is 6.00. The van der Waals surface area contributed by atoms with E-state index in [1.54, 1.807) is 13.1 Å². The second-order valence-electron chi connectivity index (χ2n) is 8.20. The summed E-state index contributed by atoms with van der Waals surface area (Å²) in [5.74, 6) is 0.370. The summed E-state index contributed by atoms with van der Waals surface area (Å²) in [4.78, 5) is 21.6. The summed E-state index contributed by atoms with van der Waals surface area (Å²) in [5, 5.41) is 5.05. The highest BCUT2D eigenvalue weighted by Crippen LogP contribution is 2.37. The van der Waals surface area contributed by atoms with Crippen molar-refractivity contribution in [3.63, 3.8) is 0 Å². The highest BCUT2D eigenvalue weighted by molar-refractivity contribution is 6.07. The molecule has 0 spiro atoms. The quantitative estimate of drug-likeness (QED) is 0.308. The predicted molar refractivity (Wildman–Crippen MR) is 125 cm³/mol. The number of esters is 1. The summed E-state index contributed by atoms with van der Waals surface area (Å²) in [6.45, 7) is 10.4. The second kappa shape index (κ2) is 9.10. The number of fused-ring (bicyclic) bond motifs is 3. The molecule has 32 heavy (non-hydrogen) atoms. The zero-order chi connectivity index (χ0) is 22.8. The standard InChI is InChI=1S/C25H30N4O3/c1-6-9-18(10-7-2)29-21-12-20(25(30)31-8-3)26-14-19(21)24-22(29)11-17(13-27-24)23-15(4)28-32-16(23)5/h11-14,18H,6-10H2,1-5H3. The van der Waals surface area contributed by atoms with Crippen LogP contribution in [0.25, 0.3) is 33.1 Å². The highest BCUT2D eigenvalue weighted by atomic mass is 16.5. The molecule has 0 unspecified atom stereocenters. The molecule has 4 rings (SSSR count). The van der Waals surface area contributed by atoms with E-state index in [0.29, 0.717) is 18.3 Å². The number of aryl methyl sites for hydroxylation is 2. The molecule has 0 saturated carbocycles. The molecule has 0 aliphatic rings. The fourth-order valence-electron chi connectivity index (χ4n) is 4.61. The Morgan fingerprint density at radius 3 is 2.44 bits per heavy atom. The van der Waals surface area contributed by atoms with E-state index in [2.05, 4.69) is 34.6 Å². The molecular weight excluding hydrogens is 404 g/mol. The van der Waals surface area contributed by atoms with Gasteiger partial charge in [-0.05, 0) is 45.7 Å². The van der Waals surface area contributed by atoms with Gasteiger partial charge in [0.15, 0.2) is 0 Å². The van der Waals surface area contributed by atoms with E-state index in [1.807, 2.05) is 26.1 Å². The van der Waals surface area contributed by atoms with Crippen molar-refractivity contribution in [2.45, 2.75) is 66.3 Å². The first-order valence-electron chi connectivity index (χ1n) is 11.4. The average molecular weight is 435 g/mol. The first kappa shape index (κ1) is 22.0. The van der Waals surface area contributed by atoms with E-state index in [9.17, 15) is 4.79 Å². The van der Waals surface area contributed by atoms with Crippen LogP contribution in [-0.4, -0.2) is 32.3 Å². The van der Waals surface area contributed by atoms with Gasteiger partial charge in [-0.1, -0.05) is 31.8 Å². The van der Waals surface area contributed by atoms with Crippen molar-refractivity contribution >= 4 is 27.9 Å². The molecule has 0 amide bonds. The van der Waals surface area contributed by atoms with Gasteiger partial charge in [0.2, 0.25) is 0 Å². The van der Waals surface area contributed by atoms with Gasteiger partial charge in [0.25, 0.3) is 0 Å². The highest BCUT2D eigenvalue weighted by Gasteiger charge is 2.22. The van der Waals surface area contributed by atoms with Crippen LogP contribution in [0.15, 0.2) is 29.0 Å². The summed E-state index contributed by atoms with van der Waals surface area (Å²) in [6, 6.07) is 4.31. The Balaban J connectivity index is 2.01. The third-order valence-electron chi connectivity index (χ3n) is 5.94. The maximum absolute atomic E-state index is 12.4. The molecule has 0 atom stereocenters. The number of aromatic nitrogens is 4. The predicted octanol–water partition coefficient (Wildman–Crippen LogP) is 6.17. The smallest absolute Gasteiger partial charge is 0.356 e. The summed E-state index contributed by atoms with van der Waals surface area (Å²) >= 11 is 0. The number of rotatable bonds is 8. The van der Waals surface area contributed by atoms with Crippen molar-refractivity contribution in [2.75, 3.05) is 6.61 Å². The fourth-order valence-corrected chi connectivity index (χ4v) is 4.61. The second-order valence-corrected chi connectivity index (χ2v) is 8.20. The molecule has 7 heteroatoms. The van der Waals surface area contributed by atoms with Crippen LogP contribution in [0.3, 0.4) is 0 Å². The van der Waals surface area contributed by atoms with E-state index < -0.39 is 5.97 Å². The Morgan fingerprint density at radius 2 is 1.81 bits per heavy atom. The van der Waals surface area contributed by atoms with Gasteiger partial charge in [-0.15, -0.1) is 0 Å². The molecule has 0 fully saturated rings. The van der Waals surface area contributed by atoms with E-state index in [-0.39, 0.29) is 0 Å². The minimum absolute atomic E-state index is 0.296. The Hall–Kier alpha value is -3.22. The molecule has 7 nitrogen and oxygen atoms in total. The topological polar surface area (TPSA) is 83.0 Å². The summed E-state index contributed by atoms with van der Waals surface area (Å²) in [6.07, 6.45) is 7.83. The van der Waals surface area contributed by atoms with Crippen molar-refractivity contribution in [1.82, 2.24) is 19.7 Å². The molecule has 4 aromatic rings. The van der Waals surface area contributed by atoms with Gasteiger partial charge in [0.1, 0.15) is 11.5 Å². The van der Waals surface area contributed by atoms with E-state index >= 15 is 0 Å². The third kappa shape index (κ3) is 3.76.